The number of benzene rings is 2. The molecule has 0 saturated carbocycles. The van der Waals surface area contributed by atoms with Crippen molar-refractivity contribution in [2.24, 2.45) is 0 Å². The minimum Gasteiger partial charge on any atom is -0.258 e. The van der Waals surface area contributed by atoms with Crippen LogP contribution in [0.1, 0.15) is 11.3 Å². The molecule has 2 aromatic carbocycles. The van der Waals surface area contributed by atoms with Gasteiger partial charge in [0.15, 0.2) is 5.16 Å². The maximum atomic E-state index is 11.3. The van der Waals surface area contributed by atoms with Crippen molar-refractivity contribution < 1.29 is 9.85 Å². The Morgan fingerprint density at radius 3 is 2.22 bits per heavy atom. The van der Waals surface area contributed by atoms with Crippen LogP contribution in [0.2, 0.25) is 0 Å². The summed E-state index contributed by atoms with van der Waals surface area (Å²) in [7, 11) is 0. The molecule has 1 aromatic heterocycles. The molecule has 27 heavy (non-hydrogen) atoms. The van der Waals surface area contributed by atoms with E-state index in [1.54, 1.807) is 0 Å². The Hall–Kier alpha value is -3.33. The molecule has 3 aromatic rings. The lowest BCUT2D eigenvalue weighted by atomic mass is 10.1. The van der Waals surface area contributed by atoms with Gasteiger partial charge in [0, 0.05) is 17.3 Å². The van der Waals surface area contributed by atoms with Gasteiger partial charge in [0.1, 0.15) is 0 Å². The van der Waals surface area contributed by atoms with Crippen LogP contribution in [-0.2, 0) is 0 Å². The summed E-state index contributed by atoms with van der Waals surface area (Å²) in [5, 5.41) is 22.5. The van der Waals surface area contributed by atoms with Crippen molar-refractivity contribution in [1.82, 2.24) is 9.97 Å². The average molecular weight is 382 g/mol. The third-order valence-corrected chi connectivity index (χ3v) is 4.66. The van der Waals surface area contributed by atoms with Crippen molar-refractivity contribution >= 4 is 23.1 Å². The van der Waals surface area contributed by atoms with Gasteiger partial charge in [0.25, 0.3) is 11.4 Å². The predicted octanol–water partition coefficient (Wildman–Crippen LogP) is 4.73. The number of aromatic nitrogens is 2. The van der Waals surface area contributed by atoms with E-state index in [9.17, 15) is 20.2 Å². The minimum atomic E-state index is -0.667. The molecule has 9 heteroatoms. The molecule has 0 amide bonds. The second kappa shape index (κ2) is 7.50. The van der Waals surface area contributed by atoms with Crippen molar-refractivity contribution in [2.75, 3.05) is 0 Å². The molecular formula is C18H14N4O4S. The van der Waals surface area contributed by atoms with Crippen LogP contribution in [0.4, 0.5) is 11.4 Å². The number of nitrogens with zero attached hydrogens (tertiary/aromatic N) is 4. The number of hydrogen-bond acceptors (Lipinski definition) is 7. The number of hydrogen-bond donors (Lipinski definition) is 0. The highest BCUT2D eigenvalue weighted by Gasteiger charge is 2.21. The van der Waals surface area contributed by atoms with Gasteiger partial charge in [0.2, 0.25) is 0 Å². The van der Waals surface area contributed by atoms with Crippen molar-refractivity contribution in [3.63, 3.8) is 0 Å². The summed E-state index contributed by atoms with van der Waals surface area (Å²) in [6.45, 7) is 3.80. The van der Waals surface area contributed by atoms with Gasteiger partial charge < -0.3 is 0 Å². The first-order valence-electron chi connectivity index (χ1n) is 7.87. The van der Waals surface area contributed by atoms with Crippen molar-refractivity contribution in [3.05, 3.63) is 80.0 Å². The lowest BCUT2D eigenvalue weighted by Crippen LogP contribution is -1.97. The Kier molecular flexibility index (Phi) is 5.13. The van der Waals surface area contributed by atoms with Gasteiger partial charge in [-0.2, -0.15) is 0 Å². The fourth-order valence-electron chi connectivity index (χ4n) is 2.41. The third-order valence-electron chi connectivity index (χ3n) is 3.73. The molecule has 8 nitrogen and oxygen atoms in total. The van der Waals surface area contributed by atoms with Crippen molar-refractivity contribution in [3.8, 4) is 11.3 Å². The normalized spacial score (nSPS) is 10.6. The predicted molar refractivity (Wildman–Crippen MR) is 101 cm³/mol. The Balaban J connectivity index is 2.00. The molecule has 1 heterocycles. The van der Waals surface area contributed by atoms with E-state index in [1.165, 1.54) is 12.1 Å². The molecule has 136 valence electrons. The van der Waals surface area contributed by atoms with E-state index in [0.29, 0.717) is 16.5 Å². The zero-order valence-electron chi connectivity index (χ0n) is 14.4. The molecule has 3 rings (SSSR count). The van der Waals surface area contributed by atoms with E-state index < -0.39 is 9.85 Å². The first kappa shape index (κ1) is 18.5. The summed E-state index contributed by atoms with van der Waals surface area (Å²) in [4.78, 5) is 29.9. The molecule has 0 unspecified atom stereocenters. The number of rotatable bonds is 5. The molecule has 0 N–H and O–H groups in total. The van der Waals surface area contributed by atoms with Gasteiger partial charge in [-0.05, 0) is 37.7 Å². The Morgan fingerprint density at radius 1 is 0.889 bits per heavy atom. The smallest absolute Gasteiger partial charge is 0.258 e. The van der Waals surface area contributed by atoms with E-state index in [2.05, 4.69) is 9.97 Å². The van der Waals surface area contributed by atoms with Crippen molar-refractivity contribution in [1.29, 1.82) is 0 Å². The first-order valence-corrected chi connectivity index (χ1v) is 8.68. The Bertz CT molecular complexity index is 1040. The molecule has 0 atom stereocenters. The maximum Gasteiger partial charge on any atom is 0.290 e. The quantitative estimate of drug-likeness (QED) is 0.356. The maximum absolute atomic E-state index is 11.3. The summed E-state index contributed by atoms with van der Waals surface area (Å²) in [6.07, 6.45) is 0. The van der Waals surface area contributed by atoms with Crippen LogP contribution in [0, 0.1) is 34.1 Å². The topological polar surface area (TPSA) is 112 Å². The van der Waals surface area contributed by atoms with Gasteiger partial charge in [-0.1, -0.05) is 29.8 Å². The van der Waals surface area contributed by atoms with E-state index in [4.69, 9.17) is 0 Å². The highest BCUT2D eigenvalue weighted by Crippen LogP contribution is 2.36. The van der Waals surface area contributed by atoms with E-state index in [0.717, 1.165) is 29.0 Å². The standard InChI is InChI=1S/C18H14N4O4S/c1-11-3-5-13(6-4-11)15-9-12(2)19-18(20-15)27-17-8-7-14(21(23)24)10-16(17)22(25)26/h3-10H,1-2H3. The molecule has 0 aliphatic carbocycles. The zero-order chi connectivity index (χ0) is 19.6. The highest BCUT2D eigenvalue weighted by atomic mass is 32.2. The van der Waals surface area contributed by atoms with Crippen LogP contribution in [-0.4, -0.2) is 19.8 Å². The van der Waals surface area contributed by atoms with Crippen molar-refractivity contribution in [2.45, 2.75) is 23.9 Å². The van der Waals surface area contributed by atoms with Crippen LogP contribution >= 0.6 is 11.8 Å². The molecule has 0 bridgehead atoms. The SMILES string of the molecule is Cc1ccc(-c2cc(C)nc(Sc3ccc([N+](=O)[O-])cc3[N+](=O)[O-])n2)cc1. The summed E-state index contributed by atoms with van der Waals surface area (Å²) in [5.74, 6) is 0. The molecule has 0 aliphatic rings. The Labute approximate surface area is 158 Å². The van der Waals surface area contributed by atoms with E-state index in [1.807, 2.05) is 44.2 Å². The largest absolute Gasteiger partial charge is 0.290 e. The van der Waals surface area contributed by atoms with Crippen LogP contribution in [0.15, 0.2) is 58.6 Å². The summed E-state index contributed by atoms with van der Waals surface area (Å²) in [5.41, 5.74) is 2.77. The number of aryl methyl sites for hydroxylation is 2. The molecule has 0 saturated heterocycles. The van der Waals surface area contributed by atoms with Crippen LogP contribution in [0.5, 0.6) is 0 Å². The second-order valence-electron chi connectivity index (χ2n) is 5.81. The molecule has 0 spiro atoms. The summed E-state index contributed by atoms with van der Waals surface area (Å²) < 4.78 is 0. The van der Waals surface area contributed by atoms with Gasteiger partial charge in [-0.3, -0.25) is 20.2 Å². The third kappa shape index (κ3) is 4.26. The zero-order valence-corrected chi connectivity index (χ0v) is 15.3. The molecule has 0 aliphatic heterocycles. The molecular weight excluding hydrogens is 368 g/mol. The Morgan fingerprint density at radius 2 is 1.59 bits per heavy atom. The number of nitro benzene ring substituents is 2. The average Bonchev–Trinajstić information content (AvgIpc) is 2.61. The number of non-ortho nitro benzene ring substituents is 1. The van der Waals surface area contributed by atoms with E-state index in [-0.39, 0.29) is 16.3 Å². The summed E-state index contributed by atoms with van der Waals surface area (Å²) >= 11 is 1.00. The monoisotopic (exact) mass is 382 g/mol. The minimum absolute atomic E-state index is 0.242. The van der Waals surface area contributed by atoms with Crippen LogP contribution in [0.25, 0.3) is 11.3 Å². The second-order valence-corrected chi connectivity index (χ2v) is 6.82. The number of nitro groups is 2. The fourth-order valence-corrected chi connectivity index (χ4v) is 3.31. The molecule has 0 radical (unpaired) electrons. The molecule has 0 fully saturated rings. The first-order chi connectivity index (χ1) is 12.8. The lowest BCUT2D eigenvalue weighted by molar-refractivity contribution is -0.396. The fraction of sp³-hybridized carbons (Fsp3) is 0.111. The van der Waals surface area contributed by atoms with Crippen LogP contribution in [0.3, 0.4) is 0 Å². The van der Waals surface area contributed by atoms with Crippen LogP contribution < -0.4 is 0 Å². The van der Waals surface area contributed by atoms with Gasteiger partial charge in [-0.15, -0.1) is 0 Å². The van der Waals surface area contributed by atoms with Gasteiger partial charge >= 0.3 is 0 Å². The van der Waals surface area contributed by atoms with Gasteiger partial charge in [-0.25, -0.2) is 9.97 Å². The highest BCUT2D eigenvalue weighted by molar-refractivity contribution is 7.99. The lowest BCUT2D eigenvalue weighted by Gasteiger charge is -2.07. The van der Waals surface area contributed by atoms with Gasteiger partial charge in [0.05, 0.1) is 26.5 Å². The summed E-state index contributed by atoms with van der Waals surface area (Å²) in [6, 6.07) is 13.2. The van der Waals surface area contributed by atoms with E-state index >= 15 is 0 Å².